The maximum Gasteiger partial charge on any atom is 0.326 e. The van der Waals surface area contributed by atoms with Gasteiger partial charge in [0, 0.05) is 32.4 Å². The number of nitrogens with zero attached hydrogens (tertiary/aromatic N) is 2. The summed E-state index contributed by atoms with van der Waals surface area (Å²) in [4.78, 5) is 51.5. The summed E-state index contributed by atoms with van der Waals surface area (Å²) in [5.74, 6) is -0.878. The van der Waals surface area contributed by atoms with Gasteiger partial charge in [-0.2, -0.15) is 0 Å². The monoisotopic (exact) mass is 366 g/mol. The summed E-state index contributed by atoms with van der Waals surface area (Å²) < 4.78 is 0. The number of rotatable bonds is 8. The van der Waals surface area contributed by atoms with Crippen molar-refractivity contribution in [2.75, 3.05) is 13.1 Å². The first kappa shape index (κ1) is 20.4. The Balaban J connectivity index is 1.90. The number of amides is 2. The molecule has 2 atom stereocenters. The van der Waals surface area contributed by atoms with Crippen LogP contribution in [0.25, 0.3) is 0 Å². The van der Waals surface area contributed by atoms with Crippen molar-refractivity contribution in [3.8, 4) is 0 Å². The van der Waals surface area contributed by atoms with E-state index in [1.165, 1.54) is 4.90 Å². The number of hydrogen-bond donors (Lipinski definition) is 1. The maximum absolute atomic E-state index is 12.8. The highest BCUT2D eigenvalue weighted by Gasteiger charge is 2.41. The van der Waals surface area contributed by atoms with Crippen molar-refractivity contribution >= 4 is 23.6 Å². The number of carbonyl (C=O) groups is 4. The molecule has 0 spiro atoms. The molecule has 2 saturated heterocycles. The minimum Gasteiger partial charge on any atom is -0.480 e. The number of aliphatic carboxylic acids is 1. The van der Waals surface area contributed by atoms with Crippen LogP contribution in [0.5, 0.6) is 0 Å². The average molecular weight is 366 g/mol. The zero-order valence-corrected chi connectivity index (χ0v) is 15.8. The fourth-order valence-corrected chi connectivity index (χ4v) is 3.77. The number of carbonyl (C=O) groups excluding carboxylic acids is 3. The highest BCUT2D eigenvalue weighted by molar-refractivity contribution is 5.92. The molecule has 0 radical (unpaired) electrons. The normalized spacial score (nSPS) is 22.9. The third-order valence-corrected chi connectivity index (χ3v) is 5.30. The van der Waals surface area contributed by atoms with E-state index in [0.717, 1.165) is 12.8 Å². The molecule has 2 heterocycles. The van der Waals surface area contributed by atoms with E-state index in [0.29, 0.717) is 44.7 Å². The third-order valence-electron chi connectivity index (χ3n) is 5.30. The predicted molar refractivity (Wildman–Crippen MR) is 95.4 cm³/mol. The van der Waals surface area contributed by atoms with Gasteiger partial charge in [-0.15, -0.1) is 0 Å². The molecule has 2 aliphatic heterocycles. The summed E-state index contributed by atoms with van der Waals surface area (Å²) in [7, 11) is 0. The zero-order valence-electron chi connectivity index (χ0n) is 15.8. The van der Waals surface area contributed by atoms with Gasteiger partial charge in [0.1, 0.15) is 17.9 Å². The van der Waals surface area contributed by atoms with Crippen LogP contribution >= 0.6 is 0 Å². The lowest BCUT2D eigenvalue weighted by atomic mass is 10.0. The maximum atomic E-state index is 12.8. The molecule has 0 aromatic heterocycles. The van der Waals surface area contributed by atoms with Crippen LogP contribution in [0.1, 0.15) is 65.2 Å². The van der Waals surface area contributed by atoms with Crippen molar-refractivity contribution in [2.24, 2.45) is 5.92 Å². The van der Waals surface area contributed by atoms with Crippen LogP contribution in [0, 0.1) is 5.92 Å². The largest absolute Gasteiger partial charge is 0.480 e. The molecule has 1 N–H and O–H groups in total. The molecule has 0 aromatic rings. The summed E-state index contributed by atoms with van der Waals surface area (Å²) in [6.45, 7) is 5.05. The Morgan fingerprint density at radius 1 is 0.923 bits per heavy atom. The molecular formula is C19H30N2O5. The molecule has 0 saturated carbocycles. The summed E-state index contributed by atoms with van der Waals surface area (Å²) >= 11 is 0. The molecule has 0 unspecified atom stereocenters. The standard InChI is InChI=1S/C19H30N2O5/c1-13(2)7-8-14(22)9-10-17(23)20-11-3-5-15(20)18(24)21-12-4-6-16(21)19(25)26/h13,15-16H,3-12H2,1-2H3,(H,25,26)/t15-,16-/m0/s1. The van der Waals surface area contributed by atoms with Crippen LogP contribution in [0.2, 0.25) is 0 Å². The highest BCUT2D eigenvalue weighted by Crippen LogP contribution is 2.25. The van der Waals surface area contributed by atoms with E-state index in [1.807, 2.05) is 0 Å². The Morgan fingerprint density at radius 2 is 1.54 bits per heavy atom. The highest BCUT2D eigenvalue weighted by atomic mass is 16.4. The van der Waals surface area contributed by atoms with Crippen LogP contribution in [-0.4, -0.2) is 63.6 Å². The van der Waals surface area contributed by atoms with E-state index in [1.54, 1.807) is 4.90 Å². The summed E-state index contributed by atoms with van der Waals surface area (Å²) in [6, 6.07) is -1.36. The van der Waals surface area contributed by atoms with Gasteiger partial charge >= 0.3 is 5.97 Å². The molecule has 0 bridgehead atoms. The van der Waals surface area contributed by atoms with Crippen LogP contribution in [0.15, 0.2) is 0 Å². The summed E-state index contributed by atoms with van der Waals surface area (Å²) in [5, 5.41) is 9.27. The molecule has 7 heteroatoms. The van der Waals surface area contributed by atoms with Gasteiger partial charge in [-0.1, -0.05) is 13.8 Å². The second kappa shape index (κ2) is 9.14. The second-order valence-corrected chi connectivity index (χ2v) is 7.74. The van der Waals surface area contributed by atoms with E-state index in [9.17, 15) is 24.3 Å². The smallest absolute Gasteiger partial charge is 0.326 e. The fraction of sp³-hybridized carbons (Fsp3) is 0.789. The summed E-state index contributed by atoms with van der Waals surface area (Å²) in [6.07, 6.45) is 4.09. The topological polar surface area (TPSA) is 95.0 Å². The number of hydrogen-bond acceptors (Lipinski definition) is 4. The van der Waals surface area contributed by atoms with Gasteiger partial charge in [-0.25, -0.2) is 4.79 Å². The van der Waals surface area contributed by atoms with Crippen molar-refractivity contribution in [1.29, 1.82) is 0 Å². The van der Waals surface area contributed by atoms with Crippen molar-refractivity contribution in [1.82, 2.24) is 9.80 Å². The van der Waals surface area contributed by atoms with Gasteiger partial charge < -0.3 is 14.9 Å². The lowest BCUT2D eigenvalue weighted by Gasteiger charge is -2.30. The molecule has 2 rings (SSSR count). The van der Waals surface area contributed by atoms with Crippen LogP contribution in [0.4, 0.5) is 0 Å². The lowest BCUT2D eigenvalue weighted by Crippen LogP contribution is -2.51. The Kier molecular flexibility index (Phi) is 7.17. The minimum absolute atomic E-state index is 0.0830. The fourth-order valence-electron chi connectivity index (χ4n) is 3.77. The van der Waals surface area contributed by atoms with Gasteiger partial charge in [0.2, 0.25) is 11.8 Å². The molecule has 2 aliphatic rings. The van der Waals surface area contributed by atoms with Gasteiger partial charge in [0.25, 0.3) is 0 Å². The molecule has 7 nitrogen and oxygen atoms in total. The first-order chi connectivity index (χ1) is 12.3. The number of ketones is 1. The molecular weight excluding hydrogens is 336 g/mol. The van der Waals surface area contributed by atoms with Gasteiger partial charge in [-0.3, -0.25) is 14.4 Å². The lowest BCUT2D eigenvalue weighted by molar-refractivity contribution is -0.151. The van der Waals surface area contributed by atoms with Gasteiger partial charge in [0.15, 0.2) is 0 Å². The molecule has 0 aromatic carbocycles. The van der Waals surface area contributed by atoms with Crippen LogP contribution < -0.4 is 0 Å². The van der Waals surface area contributed by atoms with Gasteiger partial charge in [-0.05, 0) is 38.0 Å². The minimum atomic E-state index is -0.984. The average Bonchev–Trinajstić information content (AvgIpc) is 3.25. The number of carboxylic acids is 1. The van der Waals surface area contributed by atoms with Crippen molar-refractivity contribution in [3.05, 3.63) is 0 Å². The van der Waals surface area contributed by atoms with Crippen molar-refractivity contribution in [3.63, 3.8) is 0 Å². The SMILES string of the molecule is CC(C)CCC(=O)CCC(=O)N1CCC[C@H]1C(=O)N1CCC[C@H]1C(=O)O. The summed E-state index contributed by atoms with van der Waals surface area (Å²) in [5.41, 5.74) is 0. The Bertz CT molecular complexity index is 560. The van der Waals surface area contributed by atoms with E-state index in [-0.39, 0.29) is 30.4 Å². The number of Topliss-reactive ketones (excluding diaryl/α,β-unsaturated/α-hetero) is 1. The van der Waals surface area contributed by atoms with E-state index in [4.69, 9.17) is 0 Å². The molecule has 26 heavy (non-hydrogen) atoms. The van der Waals surface area contributed by atoms with E-state index in [2.05, 4.69) is 13.8 Å². The van der Waals surface area contributed by atoms with E-state index < -0.39 is 18.1 Å². The zero-order chi connectivity index (χ0) is 19.3. The quantitative estimate of drug-likeness (QED) is 0.707. The number of likely N-dealkylation sites (tertiary alicyclic amines) is 2. The van der Waals surface area contributed by atoms with Crippen molar-refractivity contribution < 1.29 is 24.3 Å². The number of carboxylic acid groups (broad SMARTS) is 1. The predicted octanol–water partition coefficient (Wildman–Crippen LogP) is 1.84. The molecule has 2 amide bonds. The Hall–Kier alpha value is -1.92. The first-order valence-corrected chi connectivity index (χ1v) is 9.65. The first-order valence-electron chi connectivity index (χ1n) is 9.65. The third kappa shape index (κ3) is 5.05. The second-order valence-electron chi connectivity index (χ2n) is 7.74. The Morgan fingerprint density at radius 3 is 2.15 bits per heavy atom. The van der Waals surface area contributed by atoms with Crippen molar-refractivity contribution in [2.45, 2.75) is 77.3 Å². The van der Waals surface area contributed by atoms with E-state index >= 15 is 0 Å². The van der Waals surface area contributed by atoms with Crippen LogP contribution in [-0.2, 0) is 19.2 Å². The molecule has 2 fully saturated rings. The molecule has 0 aliphatic carbocycles. The molecule has 146 valence electrons. The Labute approximate surface area is 154 Å². The van der Waals surface area contributed by atoms with Gasteiger partial charge in [0.05, 0.1) is 0 Å². The van der Waals surface area contributed by atoms with Crippen LogP contribution in [0.3, 0.4) is 0 Å².